The summed E-state index contributed by atoms with van der Waals surface area (Å²) < 4.78 is 33.0. The van der Waals surface area contributed by atoms with Gasteiger partial charge in [0, 0.05) is 13.2 Å². The Morgan fingerprint density at radius 3 is 0.580 bits per heavy atom. The molecule has 426 valence electrons. The average molecular weight is 992 g/mol. The van der Waals surface area contributed by atoms with Crippen LogP contribution >= 0.6 is 0 Å². The van der Waals surface area contributed by atoms with Crippen LogP contribution in [0.2, 0.25) is 0 Å². The van der Waals surface area contributed by atoms with Crippen molar-refractivity contribution in [3.05, 3.63) is 0 Å². The van der Waals surface area contributed by atoms with Crippen LogP contribution < -0.4 is 0 Å². The molecule has 6 nitrogen and oxygen atoms in total. The van der Waals surface area contributed by atoms with Gasteiger partial charge in [-0.1, -0.05) is 144 Å². The monoisotopic (exact) mass is 991 g/mol. The normalized spacial score (nSPS) is 13.6. The Hall–Kier alpha value is -0.240. The Bertz CT molecular complexity index is 894. The number of ether oxygens (including phenoxy) is 6. The van der Waals surface area contributed by atoms with Crippen molar-refractivity contribution >= 4 is 0 Å². The van der Waals surface area contributed by atoms with E-state index < -0.39 is 0 Å². The van der Waals surface area contributed by atoms with Crippen molar-refractivity contribution in [1.82, 2.24) is 0 Å². The Kier molecular flexibility index (Phi) is 40.8. The zero-order chi connectivity index (χ0) is 56.8. The van der Waals surface area contributed by atoms with Gasteiger partial charge in [-0.2, -0.15) is 0 Å². The largest absolute Gasteiger partial charge is 0.376 e. The van der Waals surface area contributed by atoms with E-state index in [2.05, 4.69) is 166 Å². The van der Waals surface area contributed by atoms with Crippen LogP contribution in [-0.2, 0) is 28.4 Å². The predicted molar refractivity (Wildman–Crippen MR) is 312 cm³/mol. The smallest absolute Gasteiger partial charge is 0.148 e. The van der Waals surface area contributed by atoms with Crippen LogP contribution in [0.5, 0.6) is 0 Å². The lowest BCUT2D eigenvalue weighted by molar-refractivity contribution is -0.163. The molecule has 0 saturated heterocycles. The summed E-state index contributed by atoms with van der Waals surface area (Å²) in [4.78, 5) is 0. The molecule has 0 aliphatic rings. The summed E-state index contributed by atoms with van der Waals surface area (Å²) in [5, 5.41) is 0. The standard InChI is InChI=1S/C12H26.C11H24O.C11H24.C10H22O2.C10H22O.C9H20O2/c1-11(2,3)9-7-8-10-12(4,5)6;1-10(2,3)8-7-9-12-11(4,5)6;1-10(2,3)8-7-9-11(4,5)6;1-9(2,3)11-7-8-12-10(4,5)6;1-9(2,3)7-8-11-10(4,5)6;1-8(2,3)10-7-11-9(4,5)6/h7-10H2,1-6H3;7-9H2,1-6H3;7-9H2,1-6H3;7-8H2,1-6H3;7-8H2,1-6H3;7H2,1-6H3. The molecule has 69 heavy (non-hydrogen) atoms. The summed E-state index contributed by atoms with van der Waals surface area (Å²) in [5.74, 6) is 0. The van der Waals surface area contributed by atoms with Gasteiger partial charge in [-0.05, 0) is 202 Å². The Balaban J connectivity index is -0.000000173. The van der Waals surface area contributed by atoms with E-state index in [1.54, 1.807) is 0 Å². The number of hydrogen-bond acceptors (Lipinski definition) is 6. The minimum absolute atomic E-state index is 0.0191. The molecule has 0 amide bonds. The number of hydrogen-bond donors (Lipinski definition) is 0. The molecule has 6 heteroatoms. The lowest BCUT2D eigenvalue weighted by Gasteiger charge is -2.24. The fourth-order valence-electron chi connectivity index (χ4n) is 5.18. The lowest BCUT2D eigenvalue weighted by atomic mass is 9.84. The van der Waals surface area contributed by atoms with Crippen LogP contribution in [0, 0.1) is 32.5 Å². The topological polar surface area (TPSA) is 55.4 Å². The molecule has 0 saturated carbocycles. The van der Waals surface area contributed by atoms with Crippen molar-refractivity contribution in [3.8, 4) is 0 Å². The van der Waals surface area contributed by atoms with Crippen molar-refractivity contribution in [3.63, 3.8) is 0 Å². The predicted octanol–water partition coefficient (Wildman–Crippen LogP) is 20.9. The first-order valence-corrected chi connectivity index (χ1v) is 27.6. The van der Waals surface area contributed by atoms with E-state index >= 15 is 0 Å². The lowest BCUT2D eigenvalue weighted by Crippen LogP contribution is -2.26. The summed E-state index contributed by atoms with van der Waals surface area (Å²) in [6.45, 7) is 81.7. The van der Waals surface area contributed by atoms with Crippen molar-refractivity contribution in [2.45, 2.75) is 347 Å². The van der Waals surface area contributed by atoms with Gasteiger partial charge in [0.15, 0.2) is 0 Å². The van der Waals surface area contributed by atoms with E-state index in [1.165, 1.54) is 57.8 Å². The van der Waals surface area contributed by atoms with Crippen LogP contribution in [-0.4, -0.2) is 66.8 Å². The molecule has 0 N–H and O–H groups in total. The van der Waals surface area contributed by atoms with Crippen LogP contribution in [0.3, 0.4) is 0 Å². The van der Waals surface area contributed by atoms with Crippen molar-refractivity contribution in [2.24, 2.45) is 32.5 Å². The Labute approximate surface area is 439 Å². The van der Waals surface area contributed by atoms with E-state index in [0.717, 1.165) is 19.6 Å². The second-order valence-corrected chi connectivity index (χ2v) is 32.8. The van der Waals surface area contributed by atoms with Gasteiger partial charge in [0.25, 0.3) is 0 Å². The van der Waals surface area contributed by atoms with Crippen LogP contribution in [0.25, 0.3) is 0 Å². The van der Waals surface area contributed by atoms with Gasteiger partial charge in [-0.25, -0.2) is 0 Å². The number of unbranched alkanes of at least 4 members (excludes halogenated alkanes) is 1. The SMILES string of the molecule is CC(C)(C)CCCC(C)(C)C.CC(C)(C)CCCCC(C)(C)C.CC(C)(C)CCCOC(C)(C)C.CC(C)(C)CCOC(C)(C)C.CC(C)(C)OCCOC(C)(C)C.CC(C)(C)OCOC(C)(C)C. The van der Waals surface area contributed by atoms with Gasteiger partial charge in [-0.15, -0.1) is 0 Å². The Morgan fingerprint density at radius 2 is 0.362 bits per heavy atom. The maximum atomic E-state index is 5.62. The van der Waals surface area contributed by atoms with E-state index in [0.29, 0.717) is 52.5 Å². The molecule has 0 heterocycles. The van der Waals surface area contributed by atoms with Crippen LogP contribution in [0.1, 0.15) is 313 Å². The van der Waals surface area contributed by atoms with Gasteiger partial charge in [-0.3, -0.25) is 0 Å². The van der Waals surface area contributed by atoms with Gasteiger partial charge >= 0.3 is 0 Å². The molecule has 0 aromatic rings. The highest BCUT2D eigenvalue weighted by molar-refractivity contribution is 4.69. The maximum absolute atomic E-state index is 5.62. The third-order valence-corrected chi connectivity index (χ3v) is 9.09. The molecule has 0 fully saturated rings. The molecular formula is C63H138O6. The summed E-state index contributed by atoms with van der Waals surface area (Å²) in [6, 6.07) is 0. The molecule has 0 atom stereocenters. The molecule has 0 aliphatic heterocycles. The van der Waals surface area contributed by atoms with Gasteiger partial charge in [0.2, 0.25) is 0 Å². The molecule has 0 aromatic carbocycles. The summed E-state index contributed by atoms with van der Waals surface area (Å²) in [7, 11) is 0. The highest BCUT2D eigenvalue weighted by Crippen LogP contribution is 2.29. The fraction of sp³-hybridized carbons (Fsp3) is 1.00. The quantitative estimate of drug-likeness (QED) is 0.120. The highest BCUT2D eigenvalue weighted by Gasteiger charge is 2.18. The molecule has 0 aromatic heterocycles. The van der Waals surface area contributed by atoms with Crippen molar-refractivity contribution in [2.75, 3.05) is 33.2 Å². The van der Waals surface area contributed by atoms with E-state index in [9.17, 15) is 0 Å². The van der Waals surface area contributed by atoms with Crippen LogP contribution in [0.15, 0.2) is 0 Å². The molecule has 0 unspecified atom stereocenters. The minimum atomic E-state index is -0.106. The molecule has 0 radical (unpaired) electrons. The van der Waals surface area contributed by atoms with Gasteiger partial charge in [0.1, 0.15) is 6.79 Å². The van der Waals surface area contributed by atoms with E-state index in [-0.39, 0.29) is 33.6 Å². The summed E-state index contributed by atoms with van der Waals surface area (Å²) in [5.41, 5.74) is 2.65. The highest BCUT2D eigenvalue weighted by atomic mass is 16.7. The molecule has 0 aliphatic carbocycles. The first kappa shape index (κ1) is 80.2. The van der Waals surface area contributed by atoms with E-state index in [1.807, 2.05) is 83.1 Å². The fourth-order valence-corrected chi connectivity index (χ4v) is 5.18. The third-order valence-electron chi connectivity index (χ3n) is 9.09. The second kappa shape index (κ2) is 35.1. The van der Waals surface area contributed by atoms with Crippen LogP contribution in [0.4, 0.5) is 0 Å². The minimum Gasteiger partial charge on any atom is -0.376 e. The number of rotatable bonds is 15. The first-order valence-electron chi connectivity index (χ1n) is 27.6. The molecule has 0 spiro atoms. The van der Waals surface area contributed by atoms with E-state index in [4.69, 9.17) is 28.4 Å². The molecular weight excluding hydrogens is 853 g/mol. The summed E-state index contributed by atoms with van der Waals surface area (Å²) in [6.07, 6.45) is 13.1. The third kappa shape index (κ3) is 114. The molecule has 0 bridgehead atoms. The Morgan fingerprint density at radius 1 is 0.174 bits per heavy atom. The van der Waals surface area contributed by atoms with Crippen molar-refractivity contribution < 1.29 is 28.4 Å². The average Bonchev–Trinajstić information content (AvgIpc) is 2.99. The van der Waals surface area contributed by atoms with Gasteiger partial charge < -0.3 is 28.4 Å². The zero-order valence-electron chi connectivity index (χ0n) is 55.1. The van der Waals surface area contributed by atoms with Gasteiger partial charge in [0.05, 0.1) is 46.8 Å². The zero-order valence-corrected chi connectivity index (χ0v) is 55.1. The molecule has 0 rings (SSSR count). The second-order valence-electron chi connectivity index (χ2n) is 32.8. The first-order chi connectivity index (χ1) is 29.7. The maximum Gasteiger partial charge on any atom is 0.148 e. The summed E-state index contributed by atoms with van der Waals surface area (Å²) >= 11 is 0. The van der Waals surface area contributed by atoms with Crippen molar-refractivity contribution in [1.29, 1.82) is 0 Å².